The summed E-state index contributed by atoms with van der Waals surface area (Å²) in [6, 6.07) is 16.0. The predicted molar refractivity (Wildman–Crippen MR) is 133 cm³/mol. The SMILES string of the molecule is CCN(CC)CCSC(CC(=O)c1ccc(OC)cc1)c1ccc(N(C)C)cc1.Cl. The van der Waals surface area contributed by atoms with Crippen molar-refractivity contribution in [2.45, 2.75) is 25.5 Å². The number of hydrogen-bond donors (Lipinski definition) is 0. The number of ether oxygens (including phenoxy) is 1. The number of Topliss-reactive ketones (excluding diaryl/α,β-unsaturated/α-hetero) is 1. The van der Waals surface area contributed by atoms with E-state index in [2.05, 4.69) is 47.9 Å². The zero-order valence-electron chi connectivity index (χ0n) is 18.8. The van der Waals surface area contributed by atoms with E-state index in [1.54, 1.807) is 7.11 Å². The van der Waals surface area contributed by atoms with Crippen LogP contribution in [-0.4, -0.2) is 57.3 Å². The Hall–Kier alpha value is -1.69. The van der Waals surface area contributed by atoms with Crippen molar-refractivity contribution in [2.75, 3.05) is 51.5 Å². The molecule has 0 saturated heterocycles. The van der Waals surface area contributed by atoms with Gasteiger partial charge in [0.15, 0.2) is 5.78 Å². The van der Waals surface area contributed by atoms with Gasteiger partial charge in [0.25, 0.3) is 0 Å². The Morgan fingerprint density at radius 2 is 1.60 bits per heavy atom. The van der Waals surface area contributed by atoms with E-state index in [0.717, 1.165) is 36.7 Å². The van der Waals surface area contributed by atoms with Crippen molar-refractivity contribution in [3.8, 4) is 5.75 Å². The fourth-order valence-electron chi connectivity index (χ4n) is 3.19. The maximum Gasteiger partial charge on any atom is 0.164 e. The van der Waals surface area contributed by atoms with Crippen LogP contribution in [0.5, 0.6) is 5.75 Å². The molecule has 2 aromatic carbocycles. The standard InChI is InChI=1S/C24H34N2O2S.ClH/c1-6-26(7-2)16-17-29-24(20-8-12-21(13-9-20)25(3)4)18-23(27)19-10-14-22(28-5)15-11-19;/h8-15,24H,6-7,16-18H2,1-5H3;1H. The van der Waals surface area contributed by atoms with Gasteiger partial charge in [0, 0.05) is 49.3 Å². The molecular formula is C24H35ClN2O2S. The van der Waals surface area contributed by atoms with E-state index in [1.807, 2.05) is 50.1 Å². The number of ketones is 1. The van der Waals surface area contributed by atoms with Crippen molar-refractivity contribution < 1.29 is 9.53 Å². The first-order valence-electron chi connectivity index (χ1n) is 10.3. The number of thioether (sulfide) groups is 1. The maximum absolute atomic E-state index is 12.9. The molecule has 0 bridgehead atoms. The normalized spacial score (nSPS) is 11.7. The van der Waals surface area contributed by atoms with E-state index in [1.165, 1.54) is 11.3 Å². The van der Waals surface area contributed by atoms with Crippen LogP contribution in [0.2, 0.25) is 0 Å². The van der Waals surface area contributed by atoms with Crippen molar-refractivity contribution in [1.82, 2.24) is 4.90 Å². The van der Waals surface area contributed by atoms with Crippen LogP contribution in [0.3, 0.4) is 0 Å². The van der Waals surface area contributed by atoms with Gasteiger partial charge in [-0.3, -0.25) is 4.79 Å². The number of benzene rings is 2. The Morgan fingerprint density at radius 1 is 1.00 bits per heavy atom. The summed E-state index contributed by atoms with van der Waals surface area (Å²) < 4.78 is 5.20. The lowest BCUT2D eigenvalue weighted by molar-refractivity contribution is 0.0982. The first kappa shape index (κ1) is 26.3. The highest BCUT2D eigenvalue weighted by Gasteiger charge is 2.18. The smallest absolute Gasteiger partial charge is 0.164 e. The molecule has 0 heterocycles. The van der Waals surface area contributed by atoms with Gasteiger partial charge < -0.3 is 14.5 Å². The molecule has 0 fully saturated rings. The molecule has 0 amide bonds. The number of methoxy groups -OCH3 is 1. The lowest BCUT2D eigenvalue weighted by Gasteiger charge is -2.22. The average Bonchev–Trinajstić information content (AvgIpc) is 2.76. The summed E-state index contributed by atoms with van der Waals surface area (Å²) in [6.07, 6.45) is 0.497. The summed E-state index contributed by atoms with van der Waals surface area (Å²) in [5.41, 5.74) is 3.12. The first-order valence-corrected chi connectivity index (χ1v) is 11.3. The fraction of sp³-hybridized carbons (Fsp3) is 0.458. The molecule has 0 aliphatic heterocycles. The van der Waals surface area contributed by atoms with Crippen molar-refractivity contribution in [2.24, 2.45) is 0 Å². The van der Waals surface area contributed by atoms with Crippen molar-refractivity contribution in [3.63, 3.8) is 0 Å². The first-order chi connectivity index (χ1) is 14.0. The number of rotatable bonds is 12. The molecule has 30 heavy (non-hydrogen) atoms. The third-order valence-electron chi connectivity index (χ3n) is 5.19. The largest absolute Gasteiger partial charge is 0.497 e. The van der Waals surface area contributed by atoms with Crippen LogP contribution in [-0.2, 0) is 0 Å². The van der Waals surface area contributed by atoms with E-state index in [9.17, 15) is 4.79 Å². The van der Waals surface area contributed by atoms with Gasteiger partial charge in [0.2, 0.25) is 0 Å². The average molecular weight is 451 g/mol. The highest BCUT2D eigenvalue weighted by Crippen LogP contribution is 2.34. The van der Waals surface area contributed by atoms with E-state index in [-0.39, 0.29) is 23.4 Å². The highest BCUT2D eigenvalue weighted by atomic mass is 35.5. The number of anilines is 1. The van der Waals surface area contributed by atoms with Crippen LogP contribution in [0, 0.1) is 0 Å². The summed E-state index contributed by atoms with van der Waals surface area (Å²) >= 11 is 1.88. The molecule has 4 nitrogen and oxygen atoms in total. The second kappa shape index (κ2) is 13.6. The topological polar surface area (TPSA) is 32.8 Å². The van der Waals surface area contributed by atoms with Gasteiger partial charge in [0.1, 0.15) is 5.75 Å². The molecule has 2 rings (SSSR count). The van der Waals surface area contributed by atoms with Crippen molar-refractivity contribution in [3.05, 3.63) is 59.7 Å². The van der Waals surface area contributed by atoms with E-state index >= 15 is 0 Å². The van der Waals surface area contributed by atoms with Crippen LogP contribution < -0.4 is 9.64 Å². The van der Waals surface area contributed by atoms with Gasteiger partial charge in [-0.05, 0) is 55.1 Å². The summed E-state index contributed by atoms with van der Waals surface area (Å²) in [6.45, 7) is 7.55. The minimum absolute atomic E-state index is 0. The highest BCUT2D eigenvalue weighted by molar-refractivity contribution is 7.99. The molecule has 1 atom stereocenters. The van der Waals surface area contributed by atoms with Crippen LogP contribution >= 0.6 is 24.2 Å². The third-order valence-corrected chi connectivity index (χ3v) is 6.44. The second-order valence-electron chi connectivity index (χ2n) is 7.23. The van der Waals surface area contributed by atoms with Crippen LogP contribution in [0.4, 0.5) is 5.69 Å². The molecule has 0 saturated carbocycles. The van der Waals surface area contributed by atoms with E-state index < -0.39 is 0 Å². The van der Waals surface area contributed by atoms with E-state index in [0.29, 0.717) is 6.42 Å². The van der Waals surface area contributed by atoms with Crippen molar-refractivity contribution >= 4 is 35.6 Å². The quantitative estimate of drug-likeness (QED) is 0.394. The van der Waals surface area contributed by atoms with Gasteiger partial charge in [-0.15, -0.1) is 12.4 Å². The summed E-state index contributed by atoms with van der Waals surface area (Å²) in [4.78, 5) is 17.5. The number of hydrogen-bond acceptors (Lipinski definition) is 5. The van der Waals surface area contributed by atoms with Gasteiger partial charge in [0.05, 0.1) is 7.11 Å². The zero-order valence-corrected chi connectivity index (χ0v) is 20.4. The minimum atomic E-state index is 0. The van der Waals surface area contributed by atoms with Crippen LogP contribution in [0.15, 0.2) is 48.5 Å². The Bertz CT molecular complexity index is 747. The molecule has 0 spiro atoms. The molecule has 0 N–H and O–H groups in total. The molecule has 0 aromatic heterocycles. The molecule has 1 unspecified atom stereocenters. The number of halogens is 1. The molecule has 2 aromatic rings. The van der Waals surface area contributed by atoms with Gasteiger partial charge in [-0.25, -0.2) is 0 Å². The fourth-order valence-corrected chi connectivity index (χ4v) is 4.45. The van der Waals surface area contributed by atoms with Gasteiger partial charge >= 0.3 is 0 Å². The Morgan fingerprint density at radius 3 is 2.10 bits per heavy atom. The van der Waals surface area contributed by atoms with Gasteiger partial charge in [-0.1, -0.05) is 26.0 Å². The van der Waals surface area contributed by atoms with Crippen molar-refractivity contribution in [1.29, 1.82) is 0 Å². The monoisotopic (exact) mass is 450 g/mol. The molecule has 166 valence electrons. The lowest BCUT2D eigenvalue weighted by Crippen LogP contribution is -2.25. The Labute approximate surface area is 192 Å². The zero-order chi connectivity index (χ0) is 21.2. The summed E-state index contributed by atoms with van der Waals surface area (Å²) in [7, 11) is 5.72. The Balaban J connectivity index is 0.00000450. The summed E-state index contributed by atoms with van der Waals surface area (Å²) in [5, 5.41) is 0.149. The molecule has 0 aliphatic carbocycles. The maximum atomic E-state index is 12.9. The second-order valence-corrected chi connectivity index (χ2v) is 8.54. The number of carbonyl (C=O) groups is 1. The van der Waals surface area contributed by atoms with Crippen LogP contribution in [0.25, 0.3) is 0 Å². The minimum Gasteiger partial charge on any atom is -0.497 e. The predicted octanol–water partition coefficient (Wildman–Crippen LogP) is 5.57. The summed E-state index contributed by atoms with van der Waals surface area (Å²) in [5.74, 6) is 1.95. The third kappa shape index (κ3) is 7.86. The molecular weight excluding hydrogens is 416 g/mol. The molecule has 6 heteroatoms. The Kier molecular flexibility index (Phi) is 11.9. The molecule has 0 aliphatic rings. The molecule has 0 radical (unpaired) electrons. The van der Waals surface area contributed by atoms with E-state index in [4.69, 9.17) is 4.74 Å². The lowest BCUT2D eigenvalue weighted by atomic mass is 10.0. The number of nitrogens with zero attached hydrogens (tertiary/aromatic N) is 2. The van der Waals surface area contributed by atoms with Gasteiger partial charge in [-0.2, -0.15) is 11.8 Å². The number of carbonyl (C=O) groups excluding carboxylic acids is 1. The van der Waals surface area contributed by atoms with Crippen LogP contribution in [0.1, 0.15) is 41.4 Å².